The standard InChI is InChI=1S/C33H62N7O15P/c1-45-56(2,44)55-29-5-3-28(4-6-29)25-30(33(43)39-9-12-48-15-18-51-21-24-54-36)40(26-31(41)37-7-10-46-13-16-49-19-22-52-34)27-32(42)38-8-11-47-14-17-50-20-23-53-35/h3-6,30H,7-27,34-36H2,1-2H3,(H,37,41)(H,38,42)(H,39,43). The quantitative estimate of drug-likeness (QED) is 0.0236. The molecule has 56 heavy (non-hydrogen) atoms. The molecular weight excluding hydrogens is 765 g/mol. The number of carbonyl (C=O) groups excluding carboxylic acids is 3. The predicted octanol–water partition coefficient (Wildman–Crippen LogP) is -2.13. The molecule has 324 valence electrons. The SMILES string of the molecule is COP(C)(=O)Oc1ccc(CC(C(=O)NCCOCCOCCON)N(CC(=O)NCCOCCOCCON)CC(=O)NCCOCCOCCON)cc1. The van der Waals surface area contributed by atoms with Crippen molar-refractivity contribution in [2.75, 3.05) is 146 Å². The molecule has 0 saturated heterocycles. The number of hydrogen-bond acceptors (Lipinski definition) is 19. The van der Waals surface area contributed by atoms with Gasteiger partial charge in [0.15, 0.2) is 0 Å². The van der Waals surface area contributed by atoms with Crippen LogP contribution in [-0.2, 0) is 72.8 Å². The molecule has 0 aliphatic rings. The molecule has 23 heteroatoms. The van der Waals surface area contributed by atoms with Crippen LogP contribution in [0.3, 0.4) is 0 Å². The predicted molar refractivity (Wildman–Crippen MR) is 201 cm³/mol. The van der Waals surface area contributed by atoms with E-state index in [-0.39, 0.29) is 85.4 Å². The van der Waals surface area contributed by atoms with Crippen LogP contribution in [0.5, 0.6) is 5.75 Å². The number of rotatable bonds is 38. The van der Waals surface area contributed by atoms with E-state index in [0.717, 1.165) is 0 Å². The number of amides is 3. The highest BCUT2D eigenvalue weighted by Gasteiger charge is 2.30. The first-order valence-electron chi connectivity index (χ1n) is 18.0. The fraction of sp³-hybridized carbons (Fsp3) is 0.727. The van der Waals surface area contributed by atoms with E-state index < -0.39 is 31.4 Å². The third-order valence-corrected chi connectivity index (χ3v) is 8.43. The Morgan fingerprint density at radius 1 is 0.607 bits per heavy atom. The zero-order valence-corrected chi connectivity index (χ0v) is 33.4. The Hall–Kier alpha value is -2.90. The fourth-order valence-electron chi connectivity index (χ4n) is 4.46. The molecule has 0 aliphatic heterocycles. The van der Waals surface area contributed by atoms with Crippen molar-refractivity contribution in [2.45, 2.75) is 12.5 Å². The minimum Gasteiger partial charge on any atom is -0.425 e. The summed E-state index contributed by atoms with van der Waals surface area (Å²) in [5.41, 5.74) is 0.670. The lowest BCUT2D eigenvalue weighted by Gasteiger charge is -2.30. The van der Waals surface area contributed by atoms with Gasteiger partial charge in [0.1, 0.15) is 5.75 Å². The number of benzene rings is 1. The third-order valence-electron chi connectivity index (χ3n) is 7.23. The molecule has 2 atom stereocenters. The highest BCUT2D eigenvalue weighted by atomic mass is 31.2. The summed E-state index contributed by atoms with van der Waals surface area (Å²) in [5, 5.41) is 8.37. The number of ether oxygens (including phenoxy) is 6. The lowest BCUT2D eigenvalue weighted by molar-refractivity contribution is -0.131. The van der Waals surface area contributed by atoms with Crippen molar-refractivity contribution in [2.24, 2.45) is 17.7 Å². The molecule has 0 aromatic heterocycles. The summed E-state index contributed by atoms with van der Waals surface area (Å²) >= 11 is 0. The first-order valence-corrected chi connectivity index (χ1v) is 20.0. The van der Waals surface area contributed by atoms with Crippen molar-refractivity contribution in [3.8, 4) is 5.75 Å². The van der Waals surface area contributed by atoms with Crippen LogP contribution in [0.4, 0.5) is 0 Å². The summed E-state index contributed by atoms with van der Waals surface area (Å²) in [4.78, 5) is 55.0. The Kier molecular flexibility index (Phi) is 31.2. The number of nitrogens with two attached hydrogens (primary N) is 3. The summed E-state index contributed by atoms with van der Waals surface area (Å²) < 4.78 is 55.1. The Bertz CT molecular complexity index is 1170. The molecule has 0 saturated carbocycles. The summed E-state index contributed by atoms with van der Waals surface area (Å²) in [5.74, 6) is 13.9. The van der Waals surface area contributed by atoms with Gasteiger partial charge in [-0.25, -0.2) is 22.3 Å². The van der Waals surface area contributed by atoms with Gasteiger partial charge < -0.3 is 67.9 Å². The van der Waals surface area contributed by atoms with Gasteiger partial charge in [-0.05, 0) is 24.1 Å². The largest absolute Gasteiger partial charge is 0.425 e. The molecule has 0 fully saturated rings. The molecule has 1 aromatic rings. The fourth-order valence-corrected chi connectivity index (χ4v) is 5.04. The van der Waals surface area contributed by atoms with Crippen LogP contribution in [0.1, 0.15) is 5.56 Å². The molecule has 0 spiro atoms. The summed E-state index contributed by atoms with van der Waals surface area (Å²) in [6.45, 7) is 5.32. The van der Waals surface area contributed by atoms with Gasteiger partial charge in [-0.1, -0.05) is 12.1 Å². The number of nitrogens with zero attached hydrogens (tertiary/aromatic N) is 1. The van der Waals surface area contributed by atoms with E-state index in [0.29, 0.717) is 64.2 Å². The van der Waals surface area contributed by atoms with E-state index in [1.165, 1.54) is 18.7 Å². The zero-order valence-electron chi connectivity index (χ0n) is 32.5. The minimum atomic E-state index is -3.31. The second kappa shape index (κ2) is 34.2. The lowest BCUT2D eigenvalue weighted by atomic mass is 10.0. The second-order valence-electron chi connectivity index (χ2n) is 11.6. The van der Waals surface area contributed by atoms with E-state index >= 15 is 0 Å². The smallest absolute Gasteiger partial charge is 0.375 e. The average molecular weight is 828 g/mol. The number of carbonyl (C=O) groups is 3. The van der Waals surface area contributed by atoms with Crippen LogP contribution < -0.4 is 38.2 Å². The maximum absolute atomic E-state index is 13.8. The summed E-state index contributed by atoms with van der Waals surface area (Å²) in [7, 11) is -2.03. The van der Waals surface area contributed by atoms with Crippen molar-refractivity contribution in [1.82, 2.24) is 20.9 Å². The van der Waals surface area contributed by atoms with Gasteiger partial charge in [0.2, 0.25) is 17.7 Å². The van der Waals surface area contributed by atoms with Gasteiger partial charge in [-0.3, -0.25) is 19.3 Å². The Labute approximate surface area is 328 Å². The Balaban J connectivity index is 3.02. The first-order chi connectivity index (χ1) is 27.1. The van der Waals surface area contributed by atoms with Crippen LogP contribution in [0.2, 0.25) is 0 Å². The zero-order chi connectivity index (χ0) is 41.1. The van der Waals surface area contributed by atoms with Gasteiger partial charge in [0, 0.05) is 33.4 Å². The molecular formula is C33H62N7O15P. The topological polar surface area (TPSA) is 287 Å². The van der Waals surface area contributed by atoms with Crippen molar-refractivity contribution in [3.05, 3.63) is 29.8 Å². The summed E-state index contributed by atoms with van der Waals surface area (Å²) in [6.07, 6.45) is 0.0925. The van der Waals surface area contributed by atoms with E-state index in [4.69, 9.17) is 55.2 Å². The highest BCUT2D eigenvalue weighted by molar-refractivity contribution is 7.53. The third kappa shape index (κ3) is 27.7. The van der Waals surface area contributed by atoms with Crippen LogP contribution in [-0.4, -0.2) is 174 Å². The molecule has 0 radical (unpaired) electrons. The van der Waals surface area contributed by atoms with Crippen LogP contribution in [0.25, 0.3) is 0 Å². The Morgan fingerprint density at radius 3 is 1.38 bits per heavy atom. The normalized spacial score (nSPS) is 13.0. The van der Waals surface area contributed by atoms with E-state index in [9.17, 15) is 18.9 Å². The molecule has 9 N–H and O–H groups in total. The van der Waals surface area contributed by atoms with Crippen molar-refractivity contribution >= 4 is 25.3 Å². The number of nitrogens with one attached hydrogen (secondary N) is 3. The Morgan fingerprint density at radius 2 is 0.982 bits per heavy atom. The molecule has 0 bridgehead atoms. The molecule has 0 heterocycles. The first kappa shape index (κ1) is 51.1. The van der Waals surface area contributed by atoms with Crippen molar-refractivity contribution in [1.29, 1.82) is 0 Å². The van der Waals surface area contributed by atoms with Crippen LogP contribution in [0.15, 0.2) is 24.3 Å². The second-order valence-corrected chi connectivity index (χ2v) is 13.7. The molecule has 2 unspecified atom stereocenters. The molecule has 1 aromatic carbocycles. The maximum atomic E-state index is 13.8. The van der Waals surface area contributed by atoms with Gasteiger partial charge in [-0.2, -0.15) is 0 Å². The highest BCUT2D eigenvalue weighted by Crippen LogP contribution is 2.43. The van der Waals surface area contributed by atoms with Gasteiger partial charge >= 0.3 is 7.60 Å². The van der Waals surface area contributed by atoms with E-state index in [1.54, 1.807) is 24.3 Å². The molecule has 1 rings (SSSR count). The maximum Gasteiger partial charge on any atom is 0.375 e. The van der Waals surface area contributed by atoms with Gasteiger partial charge in [-0.15, -0.1) is 0 Å². The average Bonchev–Trinajstić information content (AvgIpc) is 3.18. The lowest BCUT2D eigenvalue weighted by Crippen LogP contribution is -2.54. The van der Waals surface area contributed by atoms with E-state index in [1.807, 2.05) is 0 Å². The minimum absolute atomic E-state index is 0.0925. The van der Waals surface area contributed by atoms with Crippen molar-refractivity contribution in [3.63, 3.8) is 0 Å². The van der Waals surface area contributed by atoms with E-state index in [2.05, 4.69) is 30.5 Å². The van der Waals surface area contributed by atoms with Crippen LogP contribution >= 0.6 is 7.60 Å². The van der Waals surface area contributed by atoms with Gasteiger partial charge in [0.25, 0.3) is 0 Å². The summed E-state index contributed by atoms with van der Waals surface area (Å²) in [6, 6.07) is 5.57. The molecule has 22 nitrogen and oxygen atoms in total. The number of hydrogen-bond donors (Lipinski definition) is 6. The van der Waals surface area contributed by atoms with Crippen molar-refractivity contribution < 1.29 is 70.9 Å². The van der Waals surface area contributed by atoms with Crippen LogP contribution in [0, 0.1) is 0 Å². The molecule has 0 aliphatic carbocycles. The van der Waals surface area contributed by atoms with Gasteiger partial charge in [0.05, 0.1) is 118 Å². The monoisotopic (exact) mass is 827 g/mol. The molecule has 3 amide bonds.